The lowest BCUT2D eigenvalue weighted by Crippen LogP contribution is -2.42. The highest BCUT2D eigenvalue weighted by molar-refractivity contribution is 5.94. The minimum absolute atomic E-state index is 0.117. The summed E-state index contributed by atoms with van der Waals surface area (Å²) in [6.07, 6.45) is 6.62. The van der Waals surface area contributed by atoms with Gasteiger partial charge in [0, 0.05) is 37.6 Å². The molecule has 0 radical (unpaired) electrons. The van der Waals surface area contributed by atoms with Crippen molar-refractivity contribution in [1.82, 2.24) is 14.8 Å². The molecule has 2 aliphatic rings. The van der Waals surface area contributed by atoms with Crippen molar-refractivity contribution in [2.24, 2.45) is 5.41 Å². The normalized spacial score (nSPS) is 19.8. The highest BCUT2D eigenvalue weighted by atomic mass is 19.1. The van der Waals surface area contributed by atoms with Crippen LogP contribution < -0.4 is 0 Å². The summed E-state index contributed by atoms with van der Waals surface area (Å²) < 4.78 is 13.4. The Hall–Kier alpha value is -2.27. The molecule has 1 amide bonds. The van der Waals surface area contributed by atoms with E-state index < -0.39 is 0 Å². The van der Waals surface area contributed by atoms with E-state index in [0.29, 0.717) is 0 Å². The van der Waals surface area contributed by atoms with Gasteiger partial charge >= 0.3 is 0 Å². The first-order chi connectivity index (χ1) is 12.6. The van der Waals surface area contributed by atoms with E-state index in [2.05, 4.69) is 9.88 Å². The summed E-state index contributed by atoms with van der Waals surface area (Å²) >= 11 is 0. The molecule has 2 saturated heterocycles. The molecule has 0 bridgehead atoms. The lowest BCUT2D eigenvalue weighted by atomic mass is 9.77. The monoisotopic (exact) mass is 353 g/mol. The van der Waals surface area contributed by atoms with Gasteiger partial charge < -0.3 is 4.90 Å². The number of carbonyl (C=O) groups is 1. The lowest BCUT2D eigenvalue weighted by Gasteiger charge is -2.39. The molecular formula is C21H24FN3O. The second-order valence-corrected chi connectivity index (χ2v) is 7.62. The third-order valence-corrected chi connectivity index (χ3v) is 5.86. The number of likely N-dealkylation sites (tertiary alicyclic amines) is 2. The van der Waals surface area contributed by atoms with Crippen molar-refractivity contribution in [3.63, 3.8) is 0 Å². The summed E-state index contributed by atoms with van der Waals surface area (Å²) in [6, 6.07) is 10.4. The summed E-state index contributed by atoms with van der Waals surface area (Å²) in [6.45, 7) is 4.50. The Balaban J connectivity index is 1.34. The van der Waals surface area contributed by atoms with Gasteiger partial charge in [-0.05, 0) is 67.6 Å². The molecule has 3 heterocycles. The minimum atomic E-state index is -0.169. The van der Waals surface area contributed by atoms with Crippen molar-refractivity contribution in [2.75, 3.05) is 26.2 Å². The van der Waals surface area contributed by atoms with E-state index in [4.69, 9.17) is 0 Å². The van der Waals surface area contributed by atoms with Gasteiger partial charge in [0.15, 0.2) is 0 Å². The largest absolute Gasteiger partial charge is 0.338 e. The van der Waals surface area contributed by atoms with Crippen LogP contribution >= 0.6 is 0 Å². The van der Waals surface area contributed by atoms with Gasteiger partial charge in [-0.15, -0.1) is 0 Å². The number of pyridine rings is 1. The average molecular weight is 353 g/mol. The Morgan fingerprint density at radius 1 is 1.08 bits per heavy atom. The maximum absolute atomic E-state index is 13.4. The molecule has 0 saturated carbocycles. The van der Waals surface area contributed by atoms with E-state index >= 15 is 0 Å². The van der Waals surface area contributed by atoms with Gasteiger partial charge in [-0.3, -0.25) is 14.7 Å². The van der Waals surface area contributed by atoms with Gasteiger partial charge in [0.25, 0.3) is 5.91 Å². The number of aromatic nitrogens is 1. The Bertz CT molecular complexity index is 772. The SMILES string of the molecule is O=C(c1ccncc1)N1CCC2(CCN(Cc3cccc(F)c3)CC2)C1. The van der Waals surface area contributed by atoms with Gasteiger partial charge in [-0.25, -0.2) is 4.39 Å². The average Bonchev–Trinajstić information content (AvgIpc) is 3.08. The fraction of sp³-hybridized carbons (Fsp3) is 0.429. The van der Waals surface area contributed by atoms with Crippen LogP contribution in [-0.4, -0.2) is 46.9 Å². The van der Waals surface area contributed by atoms with Gasteiger partial charge in [-0.1, -0.05) is 12.1 Å². The van der Waals surface area contributed by atoms with Crippen LogP contribution in [0, 0.1) is 11.2 Å². The highest BCUT2D eigenvalue weighted by Crippen LogP contribution is 2.41. The number of hydrogen-bond acceptors (Lipinski definition) is 3. The molecule has 4 rings (SSSR count). The number of hydrogen-bond donors (Lipinski definition) is 0. The van der Waals surface area contributed by atoms with Gasteiger partial charge in [0.05, 0.1) is 0 Å². The Morgan fingerprint density at radius 3 is 2.54 bits per heavy atom. The third-order valence-electron chi connectivity index (χ3n) is 5.86. The number of halogens is 1. The molecule has 5 heteroatoms. The lowest BCUT2D eigenvalue weighted by molar-refractivity contribution is 0.0713. The molecule has 0 atom stereocenters. The fourth-order valence-electron chi connectivity index (χ4n) is 4.27. The van der Waals surface area contributed by atoms with E-state index in [0.717, 1.165) is 63.1 Å². The predicted molar refractivity (Wildman–Crippen MR) is 98.1 cm³/mol. The first-order valence-corrected chi connectivity index (χ1v) is 9.30. The quantitative estimate of drug-likeness (QED) is 0.849. The van der Waals surface area contributed by atoms with Crippen LogP contribution in [0.2, 0.25) is 0 Å². The number of benzene rings is 1. The summed E-state index contributed by atoms with van der Waals surface area (Å²) in [4.78, 5) is 21.0. The smallest absolute Gasteiger partial charge is 0.253 e. The third kappa shape index (κ3) is 3.63. The van der Waals surface area contributed by atoms with Crippen LogP contribution in [-0.2, 0) is 6.54 Å². The molecule has 2 aliphatic heterocycles. The molecular weight excluding hydrogens is 329 g/mol. The molecule has 2 aromatic rings. The van der Waals surface area contributed by atoms with Crippen molar-refractivity contribution < 1.29 is 9.18 Å². The second kappa shape index (κ2) is 7.16. The molecule has 136 valence electrons. The van der Waals surface area contributed by atoms with Crippen molar-refractivity contribution >= 4 is 5.91 Å². The summed E-state index contributed by atoms with van der Waals surface area (Å²) in [5.74, 6) is -0.0523. The molecule has 4 nitrogen and oxygen atoms in total. The van der Waals surface area contributed by atoms with Gasteiger partial charge in [0.2, 0.25) is 0 Å². The number of piperidine rings is 1. The van der Waals surface area contributed by atoms with Crippen LogP contribution in [0.25, 0.3) is 0 Å². The van der Waals surface area contributed by atoms with Gasteiger partial charge in [-0.2, -0.15) is 0 Å². The molecule has 0 aliphatic carbocycles. The zero-order valence-corrected chi connectivity index (χ0v) is 14.9. The van der Waals surface area contributed by atoms with Crippen molar-refractivity contribution in [2.45, 2.75) is 25.8 Å². The summed E-state index contributed by atoms with van der Waals surface area (Å²) in [5, 5.41) is 0. The van der Waals surface area contributed by atoms with Crippen LogP contribution in [0.15, 0.2) is 48.8 Å². The van der Waals surface area contributed by atoms with E-state index in [-0.39, 0.29) is 17.1 Å². The number of nitrogens with zero attached hydrogens (tertiary/aromatic N) is 3. The second-order valence-electron chi connectivity index (χ2n) is 7.62. The number of rotatable bonds is 3. The minimum Gasteiger partial charge on any atom is -0.338 e. The van der Waals surface area contributed by atoms with E-state index in [1.807, 2.05) is 11.0 Å². The Morgan fingerprint density at radius 2 is 1.81 bits per heavy atom. The van der Waals surface area contributed by atoms with E-state index in [9.17, 15) is 9.18 Å². The molecule has 0 unspecified atom stereocenters. The fourth-order valence-corrected chi connectivity index (χ4v) is 4.27. The summed E-state index contributed by atoms with van der Waals surface area (Å²) in [7, 11) is 0. The Labute approximate surface area is 153 Å². The zero-order valence-electron chi connectivity index (χ0n) is 14.9. The van der Waals surface area contributed by atoms with E-state index in [1.165, 1.54) is 6.07 Å². The number of amides is 1. The molecule has 1 spiro atoms. The van der Waals surface area contributed by atoms with Crippen LogP contribution in [0.3, 0.4) is 0 Å². The molecule has 2 fully saturated rings. The summed E-state index contributed by atoms with van der Waals surface area (Å²) in [5.41, 5.74) is 2.00. The Kier molecular flexibility index (Phi) is 4.72. The van der Waals surface area contributed by atoms with Crippen LogP contribution in [0.5, 0.6) is 0 Å². The topological polar surface area (TPSA) is 36.4 Å². The molecule has 0 N–H and O–H groups in total. The molecule has 1 aromatic carbocycles. The van der Waals surface area contributed by atoms with Crippen LogP contribution in [0.1, 0.15) is 35.2 Å². The van der Waals surface area contributed by atoms with Crippen molar-refractivity contribution in [3.05, 3.63) is 65.7 Å². The van der Waals surface area contributed by atoms with Gasteiger partial charge in [0.1, 0.15) is 5.82 Å². The van der Waals surface area contributed by atoms with Crippen molar-refractivity contribution in [1.29, 1.82) is 0 Å². The maximum Gasteiger partial charge on any atom is 0.253 e. The van der Waals surface area contributed by atoms with Crippen LogP contribution in [0.4, 0.5) is 4.39 Å². The highest BCUT2D eigenvalue weighted by Gasteiger charge is 2.42. The molecule has 26 heavy (non-hydrogen) atoms. The predicted octanol–water partition coefficient (Wildman–Crippen LogP) is 3.35. The zero-order chi connectivity index (χ0) is 18.0. The van der Waals surface area contributed by atoms with E-state index in [1.54, 1.807) is 36.7 Å². The first-order valence-electron chi connectivity index (χ1n) is 9.30. The standard InChI is InChI=1S/C21H24FN3O/c22-19-3-1-2-17(14-19)15-24-11-6-21(7-12-24)8-13-25(16-21)20(26)18-4-9-23-10-5-18/h1-5,9-10,14H,6-8,11-13,15-16H2. The first kappa shape index (κ1) is 17.2. The van der Waals surface area contributed by atoms with Crippen molar-refractivity contribution in [3.8, 4) is 0 Å². The maximum atomic E-state index is 13.4. The number of carbonyl (C=O) groups excluding carboxylic acids is 1. The molecule has 1 aromatic heterocycles.